The van der Waals surface area contributed by atoms with Crippen LogP contribution in [0.3, 0.4) is 0 Å². The van der Waals surface area contributed by atoms with Crippen LogP contribution < -0.4 is 5.32 Å². The summed E-state index contributed by atoms with van der Waals surface area (Å²) < 4.78 is 30.3. The summed E-state index contributed by atoms with van der Waals surface area (Å²) in [6, 6.07) is 14.5. The van der Waals surface area contributed by atoms with Crippen molar-refractivity contribution in [1.82, 2.24) is 25.5 Å². The fraction of sp³-hybridized carbons (Fsp3) is 0.217. The van der Waals surface area contributed by atoms with Gasteiger partial charge >= 0.3 is 0 Å². The Balaban J connectivity index is 1.57. The monoisotopic (exact) mass is 449 g/mol. The van der Waals surface area contributed by atoms with Crippen LogP contribution in [0.5, 0.6) is 0 Å². The van der Waals surface area contributed by atoms with Gasteiger partial charge in [-0.3, -0.25) is 4.98 Å². The van der Waals surface area contributed by atoms with E-state index in [-0.39, 0.29) is 11.6 Å². The van der Waals surface area contributed by atoms with Crippen molar-refractivity contribution in [2.45, 2.75) is 24.8 Å². The number of aromatic nitrogens is 4. The Morgan fingerprint density at radius 2 is 1.53 bits per heavy atom. The molecule has 1 N–H and O–H groups in total. The summed E-state index contributed by atoms with van der Waals surface area (Å²) in [6.45, 7) is 2.62. The molecule has 2 heterocycles. The molecule has 4 rings (SSSR count). The van der Waals surface area contributed by atoms with Crippen LogP contribution in [-0.4, -0.2) is 41.4 Å². The minimum atomic E-state index is -3.26. The van der Waals surface area contributed by atoms with Crippen LogP contribution in [-0.2, 0) is 16.4 Å². The number of nitrogens with one attached hydrogen (secondary N) is 1. The molecule has 8 nitrogen and oxygen atoms in total. The van der Waals surface area contributed by atoms with Gasteiger partial charge in [-0.15, -0.1) is 10.2 Å². The lowest BCUT2D eigenvalue weighted by atomic mass is 10.1. The van der Waals surface area contributed by atoms with Gasteiger partial charge in [-0.1, -0.05) is 31.2 Å². The van der Waals surface area contributed by atoms with Crippen LogP contribution >= 0.6 is 0 Å². The molecule has 0 radical (unpaired) electrons. The SMILES string of the molecule is CCCS(=O)(=O)c1ccc(-c2cncc(-c3nnc(-c4ccc(CNC)cc4)o3)n2)cc1. The van der Waals surface area contributed by atoms with Crippen LogP contribution in [0.15, 0.2) is 70.2 Å². The van der Waals surface area contributed by atoms with E-state index in [1.54, 1.807) is 36.7 Å². The highest BCUT2D eigenvalue weighted by Crippen LogP contribution is 2.25. The van der Waals surface area contributed by atoms with E-state index in [0.29, 0.717) is 28.6 Å². The quantitative estimate of drug-likeness (QED) is 0.433. The molecule has 4 aromatic rings. The highest BCUT2D eigenvalue weighted by Gasteiger charge is 2.15. The van der Waals surface area contributed by atoms with Crippen molar-refractivity contribution in [3.05, 3.63) is 66.5 Å². The Morgan fingerprint density at radius 1 is 0.875 bits per heavy atom. The number of sulfone groups is 1. The maximum Gasteiger partial charge on any atom is 0.268 e. The number of nitrogens with zero attached hydrogens (tertiary/aromatic N) is 4. The minimum absolute atomic E-state index is 0.124. The lowest BCUT2D eigenvalue weighted by Crippen LogP contribution is -2.05. The largest absolute Gasteiger partial charge is 0.415 e. The summed E-state index contributed by atoms with van der Waals surface area (Å²) in [6.07, 6.45) is 3.73. The summed E-state index contributed by atoms with van der Waals surface area (Å²) in [7, 11) is -1.36. The second kappa shape index (κ2) is 9.37. The summed E-state index contributed by atoms with van der Waals surface area (Å²) >= 11 is 0. The Labute approximate surface area is 186 Å². The van der Waals surface area contributed by atoms with E-state index in [1.165, 1.54) is 0 Å². The third kappa shape index (κ3) is 4.74. The molecule has 0 fully saturated rings. The summed E-state index contributed by atoms with van der Waals surface area (Å²) in [5.74, 6) is 0.781. The first-order valence-electron chi connectivity index (χ1n) is 10.2. The maximum atomic E-state index is 12.2. The lowest BCUT2D eigenvalue weighted by molar-refractivity contribution is 0.581. The van der Waals surface area contributed by atoms with Gasteiger partial charge in [0.1, 0.15) is 5.69 Å². The standard InChI is InChI=1S/C23H23N5O3S/c1-3-12-32(29,30)19-10-8-17(9-11-19)20-14-25-15-21(26-20)23-28-27-22(31-23)18-6-4-16(5-7-18)13-24-2/h4-11,14-15,24H,3,12-13H2,1-2H3. The highest BCUT2D eigenvalue weighted by molar-refractivity contribution is 7.91. The van der Waals surface area contributed by atoms with Crippen molar-refractivity contribution in [2.24, 2.45) is 0 Å². The van der Waals surface area contributed by atoms with Gasteiger partial charge in [-0.25, -0.2) is 13.4 Å². The normalized spacial score (nSPS) is 11.6. The summed E-state index contributed by atoms with van der Waals surface area (Å²) in [4.78, 5) is 9.11. The van der Waals surface area contributed by atoms with Gasteiger partial charge in [-0.05, 0) is 43.3 Å². The van der Waals surface area contributed by atoms with Gasteiger partial charge in [0.05, 0.1) is 28.7 Å². The Kier molecular flexibility index (Phi) is 6.38. The molecule has 0 saturated carbocycles. The average molecular weight is 450 g/mol. The van der Waals surface area contributed by atoms with Crippen LogP contribution in [0.1, 0.15) is 18.9 Å². The fourth-order valence-corrected chi connectivity index (χ4v) is 4.56. The fourth-order valence-electron chi connectivity index (χ4n) is 3.24. The van der Waals surface area contributed by atoms with Crippen molar-refractivity contribution < 1.29 is 12.8 Å². The second-order valence-electron chi connectivity index (χ2n) is 7.27. The van der Waals surface area contributed by atoms with Crippen LogP contribution in [0.2, 0.25) is 0 Å². The zero-order chi connectivity index (χ0) is 22.6. The Hall–Kier alpha value is -3.43. The third-order valence-corrected chi connectivity index (χ3v) is 6.78. The molecule has 2 aromatic heterocycles. The van der Waals surface area contributed by atoms with E-state index in [9.17, 15) is 8.42 Å². The molecule has 0 bridgehead atoms. The van der Waals surface area contributed by atoms with Gasteiger partial charge in [0, 0.05) is 17.7 Å². The van der Waals surface area contributed by atoms with Gasteiger partial charge in [-0.2, -0.15) is 0 Å². The molecule has 164 valence electrons. The molecule has 0 amide bonds. The smallest absolute Gasteiger partial charge is 0.268 e. The van der Waals surface area contributed by atoms with Crippen LogP contribution in [0.25, 0.3) is 34.3 Å². The zero-order valence-electron chi connectivity index (χ0n) is 17.8. The van der Waals surface area contributed by atoms with Crippen molar-refractivity contribution >= 4 is 9.84 Å². The number of benzene rings is 2. The van der Waals surface area contributed by atoms with E-state index in [1.807, 2.05) is 38.2 Å². The van der Waals surface area contributed by atoms with Gasteiger partial charge in [0.2, 0.25) is 5.89 Å². The molecular formula is C23H23N5O3S. The second-order valence-corrected chi connectivity index (χ2v) is 9.38. The summed E-state index contributed by atoms with van der Waals surface area (Å²) in [5, 5.41) is 11.3. The average Bonchev–Trinajstić information content (AvgIpc) is 3.30. The van der Waals surface area contributed by atoms with E-state index >= 15 is 0 Å². The van der Waals surface area contributed by atoms with E-state index in [2.05, 4.69) is 25.5 Å². The minimum Gasteiger partial charge on any atom is -0.415 e. The third-order valence-electron chi connectivity index (χ3n) is 4.84. The van der Waals surface area contributed by atoms with Crippen LogP contribution in [0.4, 0.5) is 0 Å². The van der Waals surface area contributed by atoms with E-state index < -0.39 is 9.84 Å². The molecular weight excluding hydrogens is 426 g/mol. The molecule has 0 atom stereocenters. The first kappa shape index (κ1) is 21.8. The Bertz CT molecular complexity index is 1300. The van der Waals surface area contributed by atoms with Gasteiger partial charge in [0.25, 0.3) is 5.89 Å². The van der Waals surface area contributed by atoms with E-state index in [4.69, 9.17) is 4.42 Å². The maximum absolute atomic E-state index is 12.2. The molecule has 0 aliphatic rings. The topological polar surface area (TPSA) is 111 Å². The number of hydrogen-bond acceptors (Lipinski definition) is 8. The predicted molar refractivity (Wildman–Crippen MR) is 121 cm³/mol. The number of hydrogen-bond donors (Lipinski definition) is 1. The van der Waals surface area contributed by atoms with Gasteiger partial charge in [0.15, 0.2) is 9.84 Å². The highest BCUT2D eigenvalue weighted by atomic mass is 32.2. The van der Waals surface area contributed by atoms with Crippen molar-refractivity contribution in [2.75, 3.05) is 12.8 Å². The predicted octanol–water partition coefficient (Wildman–Crippen LogP) is 3.76. The first-order chi connectivity index (χ1) is 15.5. The van der Waals surface area contributed by atoms with Crippen molar-refractivity contribution in [3.63, 3.8) is 0 Å². The van der Waals surface area contributed by atoms with Crippen LogP contribution in [0, 0.1) is 0 Å². The molecule has 0 unspecified atom stereocenters. The summed E-state index contributed by atoms with van der Waals surface area (Å²) in [5.41, 5.74) is 3.74. The zero-order valence-corrected chi connectivity index (χ0v) is 18.6. The molecule has 0 aliphatic heterocycles. The molecule has 0 spiro atoms. The Morgan fingerprint density at radius 3 is 2.22 bits per heavy atom. The molecule has 0 saturated heterocycles. The molecule has 2 aromatic carbocycles. The molecule has 9 heteroatoms. The van der Waals surface area contributed by atoms with Crippen molar-refractivity contribution in [1.29, 1.82) is 0 Å². The molecule has 32 heavy (non-hydrogen) atoms. The van der Waals surface area contributed by atoms with Gasteiger partial charge < -0.3 is 9.73 Å². The lowest BCUT2D eigenvalue weighted by Gasteiger charge is -2.05. The molecule has 0 aliphatic carbocycles. The first-order valence-corrected chi connectivity index (χ1v) is 11.9. The number of rotatable bonds is 8. The van der Waals surface area contributed by atoms with Crippen molar-refractivity contribution in [3.8, 4) is 34.3 Å². The van der Waals surface area contributed by atoms with E-state index in [0.717, 1.165) is 23.2 Å².